The van der Waals surface area contributed by atoms with Crippen molar-refractivity contribution in [2.45, 2.75) is 18.9 Å². The van der Waals surface area contributed by atoms with Crippen molar-refractivity contribution in [1.82, 2.24) is 4.90 Å². The third-order valence-corrected chi connectivity index (χ3v) is 3.23. The molecule has 0 fully saturated rings. The van der Waals surface area contributed by atoms with Crippen LogP contribution in [0.2, 0.25) is 0 Å². The highest BCUT2D eigenvalue weighted by Crippen LogP contribution is 2.28. The Bertz CT molecular complexity index is 495. The van der Waals surface area contributed by atoms with Crippen molar-refractivity contribution < 1.29 is 14.7 Å². The highest BCUT2D eigenvalue weighted by molar-refractivity contribution is 5.89. The van der Waals surface area contributed by atoms with E-state index in [2.05, 4.69) is 0 Å². The summed E-state index contributed by atoms with van der Waals surface area (Å²) in [6.45, 7) is 1.75. The second kappa shape index (κ2) is 4.64. The Kier molecular flexibility index (Phi) is 3.19. The lowest BCUT2D eigenvalue weighted by atomic mass is 9.90. The van der Waals surface area contributed by atoms with E-state index in [9.17, 15) is 14.7 Å². The van der Waals surface area contributed by atoms with Gasteiger partial charge in [-0.15, -0.1) is 0 Å². The fraction of sp³-hybridized carbons (Fsp3) is 0.286. The van der Waals surface area contributed by atoms with Crippen LogP contribution in [0, 0.1) is 0 Å². The number of carbonyl (C=O) groups is 2. The standard InChI is InChI=1S/C14H15NO3/c1-11(16)15-9-5-8-14(15,13(17)18)10-12-6-3-2-4-7-12/h2-8H,9-10H2,1H3,(H,17,18). The molecule has 2 rings (SSSR count). The zero-order chi connectivity index (χ0) is 13.2. The minimum atomic E-state index is -1.24. The number of hydrogen-bond donors (Lipinski definition) is 1. The lowest BCUT2D eigenvalue weighted by Gasteiger charge is -2.33. The Balaban J connectivity index is 2.36. The maximum atomic E-state index is 11.6. The Morgan fingerprint density at radius 1 is 1.33 bits per heavy atom. The van der Waals surface area contributed by atoms with Gasteiger partial charge in [-0.2, -0.15) is 0 Å². The molecule has 1 amide bonds. The molecule has 0 radical (unpaired) electrons. The number of benzene rings is 1. The van der Waals surface area contributed by atoms with Crippen molar-refractivity contribution in [2.24, 2.45) is 0 Å². The van der Waals surface area contributed by atoms with E-state index in [0.29, 0.717) is 13.0 Å². The van der Waals surface area contributed by atoms with E-state index in [4.69, 9.17) is 0 Å². The first kappa shape index (κ1) is 12.4. The van der Waals surface area contributed by atoms with E-state index in [1.54, 1.807) is 12.2 Å². The van der Waals surface area contributed by atoms with Gasteiger partial charge >= 0.3 is 5.97 Å². The van der Waals surface area contributed by atoms with Crippen molar-refractivity contribution in [3.05, 3.63) is 48.0 Å². The summed E-state index contributed by atoms with van der Waals surface area (Å²) in [4.78, 5) is 24.6. The molecule has 0 aliphatic carbocycles. The molecule has 1 unspecified atom stereocenters. The monoisotopic (exact) mass is 245 g/mol. The van der Waals surface area contributed by atoms with Crippen LogP contribution in [-0.4, -0.2) is 34.0 Å². The van der Waals surface area contributed by atoms with Gasteiger partial charge in [0.2, 0.25) is 5.91 Å². The van der Waals surface area contributed by atoms with E-state index < -0.39 is 11.5 Å². The van der Waals surface area contributed by atoms with E-state index >= 15 is 0 Å². The van der Waals surface area contributed by atoms with E-state index in [1.165, 1.54) is 11.8 Å². The number of carboxylic acids is 1. The normalized spacial score (nSPS) is 22.2. The highest BCUT2D eigenvalue weighted by Gasteiger charge is 2.45. The Labute approximate surface area is 106 Å². The molecule has 1 N–H and O–H groups in total. The Morgan fingerprint density at radius 3 is 2.56 bits per heavy atom. The molecule has 1 aromatic carbocycles. The van der Waals surface area contributed by atoms with Crippen LogP contribution >= 0.6 is 0 Å². The molecule has 0 bridgehead atoms. The SMILES string of the molecule is CC(=O)N1CC=CC1(Cc1ccccc1)C(=O)O. The minimum Gasteiger partial charge on any atom is -0.479 e. The molecular weight excluding hydrogens is 230 g/mol. The van der Waals surface area contributed by atoms with Gasteiger partial charge in [0, 0.05) is 19.9 Å². The van der Waals surface area contributed by atoms with Crippen molar-refractivity contribution >= 4 is 11.9 Å². The van der Waals surface area contributed by atoms with Gasteiger partial charge in [-0.25, -0.2) is 4.79 Å². The average Bonchev–Trinajstić information content (AvgIpc) is 2.75. The molecule has 1 heterocycles. The summed E-state index contributed by atoms with van der Waals surface area (Å²) in [6, 6.07) is 9.35. The fourth-order valence-corrected chi connectivity index (χ4v) is 2.34. The summed E-state index contributed by atoms with van der Waals surface area (Å²) in [7, 11) is 0. The number of rotatable bonds is 3. The quantitative estimate of drug-likeness (QED) is 0.820. The van der Waals surface area contributed by atoms with Crippen LogP contribution in [0.5, 0.6) is 0 Å². The summed E-state index contributed by atoms with van der Waals surface area (Å²) in [5.41, 5.74) is -0.342. The lowest BCUT2D eigenvalue weighted by molar-refractivity contribution is -0.153. The van der Waals surface area contributed by atoms with E-state index in [1.807, 2.05) is 30.3 Å². The molecule has 1 aliphatic heterocycles. The summed E-state index contributed by atoms with van der Waals surface area (Å²) in [5.74, 6) is -1.21. The van der Waals surface area contributed by atoms with Gasteiger partial charge in [-0.3, -0.25) is 4.79 Å². The van der Waals surface area contributed by atoms with E-state index in [0.717, 1.165) is 5.56 Å². The molecule has 1 atom stereocenters. The predicted octanol–water partition coefficient (Wildman–Crippen LogP) is 1.47. The fourth-order valence-electron chi connectivity index (χ4n) is 2.34. The van der Waals surface area contributed by atoms with Crippen LogP contribution in [0.4, 0.5) is 0 Å². The largest absolute Gasteiger partial charge is 0.479 e. The summed E-state index contributed by atoms with van der Waals surface area (Å²) in [6.07, 6.45) is 3.64. The summed E-state index contributed by atoms with van der Waals surface area (Å²) in [5, 5.41) is 9.50. The third kappa shape index (κ3) is 2.01. The number of hydrogen-bond acceptors (Lipinski definition) is 2. The van der Waals surface area contributed by atoms with Crippen molar-refractivity contribution in [3.8, 4) is 0 Å². The zero-order valence-electron chi connectivity index (χ0n) is 10.2. The van der Waals surface area contributed by atoms with Crippen molar-refractivity contribution in [2.75, 3.05) is 6.54 Å². The first-order valence-electron chi connectivity index (χ1n) is 5.79. The molecule has 1 aromatic rings. The minimum absolute atomic E-state index is 0.224. The van der Waals surface area contributed by atoms with Gasteiger partial charge in [-0.1, -0.05) is 36.4 Å². The molecule has 0 spiro atoms. The maximum absolute atomic E-state index is 11.6. The molecule has 0 saturated heterocycles. The van der Waals surface area contributed by atoms with Gasteiger partial charge in [0.05, 0.1) is 0 Å². The van der Waals surface area contributed by atoms with Gasteiger partial charge in [0.1, 0.15) is 0 Å². The Morgan fingerprint density at radius 2 is 2.00 bits per heavy atom. The second-order valence-electron chi connectivity index (χ2n) is 4.42. The van der Waals surface area contributed by atoms with Gasteiger partial charge in [0.25, 0.3) is 0 Å². The molecule has 4 heteroatoms. The van der Waals surface area contributed by atoms with Gasteiger partial charge in [0.15, 0.2) is 5.54 Å². The lowest BCUT2D eigenvalue weighted by Crippen LogP contribution is -2.54. The first-order chi connectivity index (χ1) is 8.56. The number of aliphatic carboxylic acids is 1. The number of nitrogens with zero attached hydrogens (tertiary/aromatic N) is 1. The van der Waals surface area contributed by atoms with E-state index in [-0.39, 0.29) is 5.91 Å². The molecule has 94 valence electrons. The molecule has 4 nitrogen and oxygen atoms in total. The predicted molar refractivity (Wildman–Crippen MR) is 67.0 cm³/mol. The summed E-state index contributed by atoms with van der Waals surface area (Å²) >= 11 is 0. The maximum Gasteiger partial charge on any atom is 0.334 e. The smallest absolute Gasteiger partial charge is 0.334 e. The summed E-state index contributed by atoms with van der Waals surface area (Å²) < 4.78 is 0. The average molecular weight is 245 g/mol. The van der Waals surface area contributed by atoms with Crippen LogP contribution in [0.3, 0.4) is 0 Å². The highest BCUT2D eigenvalue weighted by atomic mass is 16.4. The van der Waals surface area contributed by atoms with Crippen LogP contribution in [0.25, 0.3) is 0 Å². The van der Waals surface area contributed by atoms with Crippen LogP contribution < -0.4 is 0 Å². The van der Waals surface area contributed by atoms with Crippen LogP contribution in [0.15, 0.2) is 42.5 Å². The first-order valence-corrected chi connectivity index (χ1v) is 5.79. The Hall–Kier alpha value is -2.10. The molecule has 18 heavy (non-hydrogen) atoms. The topological polar surface area (TPSA) is 57.6 Å². The van der Waals surface area contributed by atoms with Crippen molar-refractivity contribution in [1.29, 1.82) is 0 Å². The van der Waals surface area contributed by atoms with Crippen LogP contribution in [0.1, 0.15) is 12.5 Å². The van der Waals surface area contributed by atoms with Gasteiger partial charge in [-0.05, 0) is 11.6 Å². The van der Waals surface area contributed by atoms with Crippen molar-refractivity contribution in [3.63, 3.8) is 0 Å². The van der Waals surface area contributed by atoms with Crippen LogP contribution in [-0.2, 0) is 16.0 Å². The molecule has 0 saturated carbocycles. The van der Waals surface area contributed by atoms with Gasteiger partial charge < -0.3 is 10.0 Å². The number of amides is 1. The second-order valence-corrected chi connectivity index (χ2v) is 4.42. The number of carbonyl (C=O) groups excluding carboxylic acids is 1. The zero-order valence-corrected chi connectivity index (χ0v) is 10.2. The third-order valence-electron chi connectivity index (χ3n) is 3.23. The molecular formula is C14H15NO3. The molecule has 1 aliphatic rings. The molecule has 0 aromatic heterocycles. The number of carboxylic acid groups (broad SMARTS) is 1.